The highest BCUT2D eigenvalue weighted by Gasteiger charge is 2.39. The third-order valence-electron chi connectivity index (χ3n) is 3.17. The molecule has 1 aliphatic heterocycles. The minimum Gasteiger partial charge on any atom is -0.385 e. The maximum absolute atomic E-state index is 11.5. The van der Waals surface area contributed by atoms with Gasteiger partial charge >= 0.3 is 0 Å². The van der Waals surface area contributed by atoms with Crippen LogP contribution in [0.25, 0.3) is 0 Å². The molecule has 0 bridgehead atoms. The Labute approximate surface area is 101 Å². The number of hydrogen-bond donors (Lipinski definition) is 2. The molecule has 17 heavy (non-hydrogen) atoms. The number of hydrogen-bond acceptors (Lipinski definition) is 4. The number of rotatable bonds is 4. The molecule has 0 aromatic heterocycles. The molecule has 2 atom stereocenters. The smallest absolute Gasteiger partial charge is 0.239 e. The summed E-state index contributed by atoms with van der Waals surface area (Å²) in [4.78, 5) is 23.8. The molecule has 6 nitrogen and oxygen atoms in total. The molecule has 0 saturated carbocycles. The fraction of sp³-hybridized carbons (Fsp3) is 0.818. The normalized spacial score (nSPS) is 27.9. The predicted molar refractivity (Wildman–Crippen MR) is 61.3 cm³/mol. The number of carbonyl (C=O) groups is 2. The number of aliphatic hydroxyl groups is 1. The third-order valence-corrected chi connectivity index (χ3v) is 3.17. The molecule has 1 aliphatic rings. The largest absolute Gasteiger partial charge is 0.385 e. The first-order chi connectivity index (χ1) is 7.85. The number of ether oxygens (including phenoxy) is 1. The van der Waals surface area contributed by atoms with Crippen LogP contribution in [0.15, 0.2) is 0 Å². The van der Waals surface area contributed by atoms with E-state index in [0.717, 1.165) is 0 Å². The van der Waals surface area contributed by atoms with Gasteiger partial charge in [-0.05, 0) is 6.92 Å². The van der Waals surface area contributed by atoms with Gasteiger partial charge in [0.1, 0.15) is 5.60 Å². The summed E-state index contributed by atoms with van der Waals surface area (Å²) >= 11 is 0. The van der Waals surface area contributed by atoms with Gasteiger partial charge in [0, 0.05) is 33.5 Å². The van der Waals surface area contributed by atoms with Gasteiger partial charge in [-0.2, -0.15) is 0 Å². The van der Waals surface area contributed by atoms with Crippen LogP contribution in [-0.2, 0) is 14.3 Å². The lowest BCUT2D eigenvalue weighted by Gasteiger charge is -2.26. The molecule has 0 aliphatic carbocycles. The Morgan fingerprint density at radius 1 is 1.59 bits per heavy atom. The molecule has 0 aromatic carbocycles. The first kappa shape index (κ1) is 13.9. The van der Waals surface area contributed by atoms with E-state index in [0.29, 0.717) is 13.0 Å². The maximum Gasteiger partial charge on any atom is 0.239 e. The molecule has 0 spiro atoms. The molecule has 1 rings (SSSR count). The van der Waals surface area contributed by atoms with Gasteiger partial charge < -0.3 is 20.1 Å². The summed E-state index contributed by atoms with van der Waals surface area (Å²) in [5.41, 5.74) is -0.996. The molecule has 2 amide bonds. The van der Waals surface area contributed by atoms with E-state index in [1.165, 1.54) is 11.8 Å². The van der Waals surface area contributed by atoms with Crippen molar-refractivity contribution in [3.05, 3.63) is 0 Å². The van der Waals surface area contributed by atoms with Crippen LogP contribution in [0.2, 0.25) is 0 Å². The van der Waals surface area contributed by atoms with E-state index in [9.17, 15) is 14.7 Å². The average molecular weight is 244 g/mol. The fourth-order valence-electron chi connectivity index (χ4n) is 1.64. The van der Waals surface area contributed by atoms with Gasteiger partial charge in [-0.25, -0.2) is 0 Å². The number of nitrogens with one attached hydrogen (secondary N) is 1. The van der Waals surface area contributed by atoms with Gasteiger partial charge in [0.2, 0.25) is 11.8 Å². The van der Waals surface area contributed by atoms with Gasteiger partial charge in [-0.15, -0.1) is 0 Å². The summed E-state index contributed by atoms with van der Waals surface area (Å²) in [7, 11) is 1.55. The highest BCUT2D eigenvalue weighted by molar-refractivity contribution is 5.83. The first-order valence-corrected chi connectivity index (χ1v) is 5.67. The quantitative estimate of drug-likeness (QED) is 0.673. The van der Waals surface area contributed by atoms with Crippen LogP contribution >= 0.6 is 0 Å². The molecule has 1 fully saturated rings. The molecule has 1 heterocycles. The molecular weight excluding hydrogens is 224 g/mol. The van der Waals surface area contributed by atoms with Crippen LogP contribution in [0.3, 0.4) is 0 Å². The summed E-state index contributed by atoms with van der Waals surface area (Å²) in [6.07, 6.45) is 0.227. The van der Waals surface area contributed by atoms with Crippen molar-refractivity contribution in [3.8, 4) is 0 Å². The molecule has 98 valence electrons. The molecule has 1 saturated heterocycles. The Morgan fingerprint density at radius 2 is 2.24 bits per heavy atom. The number of carbonyl (C=O) groups excluding carboxylic acids is 2. The molecule has 2 unspecified atom stereocenters. The van der Waals surface area contributed by atoms with Crippen molar-refractivity contribution < 1.29 is 19.4 Å². The lowest BCUT2D eigenvalue weighted by atomic mass is 9.97. The standard InChI is InChI=1S/C11H20N2O4/c1-8-11(16,4-5-17-8)7-12-10(15)6-13(3)9(2)14/h8,16H,4-7H2,1-3H3,(H,12,15). The summed E-state index contributed by atoms with van der Waals surface area (Å²) in [5, 5.41) is 12.8. The molecular formula is C11H20N2O4. The summed E-state index contributed by atoms with van der Waals surface area (Å²) < 4.78 is 5.25. The van der Waals surface area contributed by atoms with E-state index in [1.54, 1.807) is 14.0 Å². The van der Waals surface area contributed by atoms with Crippen molar-refractivity contribution in [2.75, 3.05) is 26.7 Å². The van der Waals surface area contributed by atoms with E-state index >= 15 is 0 Å². The zero-order valence-electron chi connectivity index (χ0n) is 10.5. The lowest BCUT2D eigenvalue weighted by Crippen LogP contribution is -2.49. The Hall–Kier alpha value is -1.14. The first-order valence-electron chi connectivity index (χ1n) is 5.67. The molecule has 0 aromatic rings. The van der Waals surface area contributed by atoms with E-state index in [4.69, 9.17) is 4.74 Å². The Morgan fingerprint density at radius 3 is 2.71 bits per heavy atom. The van der Waals surface area contributed by atoms with Crippen molar-refractivity contribution in [2.24, 2.45) is 0 Å². The number of nitrogens with zero attached hydrogens (tertiary/aromatic N) is 1. The Bertz CT molecular complexity index is 308. The SMILES string of the molecule is CC(=O)N(C)CC(=O)NCC1(O)CCOC1C. The molecule has 0 radical (unpaired) electrons. The Balaban J connectivity index is 2.35. The molecule has 6 heteroatoms. The van der Waals surface area contributed by atoms with E-state index in [-0.39, 0.29) is 31.0 Å². The van der Waals surface area contributed by atoms with E-state index < -0.39 is 5.60 Å². The average Bonchev–Trinajstić information content (AvgIpc) is 2.57. The summed E-state index contributed by atoms with van der Waals surface area (Å²) in [5.74, 6) is -0.452. The van der Waals surface area contributed by atoms with Crippen molar-refractivity contribution in [3.63, 3.8) is 0 Å². The fourth-order valence-corrected chi connectivity index (χ4v) is 1.64. The van der Waals surface area contributed by atoms with E-state index in [2.05, 4.69) is 5.32 Å². The Kier molecular flexibility index (Phi) is 4.47. The van der Waals surface area contributed by atoms with Crippen LogP contribution in [0, 0.1) is 0 Å². The summed E-state index contributed by atoms with van der Waals surface area (Å²) in [6.45, 7) is 3.83. The highest BCUT2D eigenvalue weighted by Crippen LogP contribution is 2.24. The topological polar surface area (TPSA) is 78.9 Å². The van der Waals surface area contributed by atoms with Crippen LogP contribution < -0.4 is 5.32 Å². The van der Waals surface area contributed by atoms with Crippen LogP contribution in [0.1, 0.15) is 20.3 Å². The number of likely N-dealkylation sites (N-methyl/N-ethyl adjacent to an activating group) is 1. The lowest BCUT2D eigenvalue weighted by molar-refractivity contribution is -0.133. The zero-order valence-corrected chi connectivity index (χ0v) is 10.5. The van der Waals surface area contributed by atoms with Crippen molar-refractivity contribution in [2.45, 2.75) is 32.0 Å². The second-order valence-corrected chi connectivity index (χ2v) is 4.52. The van der Waals surface area contributed by atoms with Crippen molar-refractivity contribution in [1.29, 1.82) is 0 Å². The van der Waals surface area contributed by atoms with Gasteiger partial charge in [0.05, 0.1) is 12.6 Å². The van der Waals surface area contributed by atoms with E-state index in [1.807, 2.05) is 0 Å². The van der Waals surface area contributed by atoms with Crippen LogP contribution in [-0.4, -0.2) is 60.3 Å². The monoisotopic (exact) mass is 244 g/mol. The van der Waals surface area contributed by atoms with Crippen molar-refractivity contribution in [1.82, 2.24) is 10.2 Å². The van der Waals surface area contributed by atoms with Gasteiger partial charge in [0.15, 0.2) is 0 Å². The van der Waals surface area contributed by atoms with Gasteiger partial charge in [-0.3, -0.25) is 9.59 Å². The minimum atomic E-state index is -0.996. The predicted octanol–water partition coefficient (Wildman–Crippen LogP) is -0.879. The van der Waals surface area contributed by atoms with Crippen LogP contribution in [0.4, 0.5) is 0 Å². The van der Waals surface area contributed by atoms with Crippen molar-refractivity contribution >= 4 is 11.8 Å². The molecule has 2 N–H and O–H groups in total. The second kappa shape index (κ2) is 5.46. The van der Waals surface area contributed by atoms with Crippen LogP contribution in [0.5, 0.6) is 0 Å². The summed E-state index contributed by atoms with van der Waals surface area (Å²) in [6, 6.07) is 0. The minimum absolute atomic E-state index is 0.000646. The van der Waals surface area contributed by atoms with Gasteiger partial charge in [0.25, 0.3) is 0 Å². The zero-order chi connectivity index (χ0) is 13.1. The highest BCUT2D eigenvalue weighted by atomic mass is 16.5. The third kappa shape index (κ3) is 3.67. The van der Waals surface area contributed by atoms with Gasteiger partial charge in [-0.1, -0.05) is 0 Å². The second-order valence-electron chi connectivity index (χ2n) is 4.52. The maximum atomic E-state index is 11.5. The number of amides is 2.